The van der Waals surface area contributed by atoms with Crippen LogP contribution in [0.3, 0.4) is 0 Å². The molecule has 1 aliphatic rings. The van der Waals surface area contributed by atoms with Crippen molar-refractivity contribution >= 4 is 11.7 Å². The highest BCUT2D eigenvalue weighted by molar-refractivity contribution is 5.97. The Labute approximate surface area is 132 Å². The SMILES string of the molecule is CC(C)C(=O)c1ccc2c(c1)CCN(CCCC(N)=O)CC2. The van der Waals surface area contributed by atoms with Gasteiger partial charge < -0.3 is 10.6 Å². The second-order valence-corrected chi connectivity index (χ2v) is 6.41. The summed E-state index contributed by atoms with van der Waals surface area (Å²) in [5.74, 6) is 0.0226. The van der Waals surface area contributed by atoms with Gasteiger partial charge in [-0.1, -0.05) is 26.0 Å². The summed E-state index contributed by atoms with van der Waals surface area (Å²) >= 11 is 0. The summed E-state index contributed by atoms with van der Waals surface area (Å²) in [6.45, 7) is 6.77. The smallest absolute Gasteiger partial charge is 0.217 e. The lowest BCUT2D eigenvalue weighted by Gasteiger charge is -2.18. The molecule has 4 heteroatoms. The van der Waals surface area contributed by atoms with E-state index >= 15 is 0 Å². The average molecular weight is 302 g/mol. The first-order valence-corrected chi connectivity index (χ1v) is 8.14. The van der Waals surface area contributed by atoms with Crippen molar-refractivity contribution in [3.63, 3.8) is 0 Å². The van der Waals surface area contributed by atoms with E-state index in [-0.39, 0.29) is 17.6 Å². The van der Waals surface area contributed by atoms with Gasteiger partial charge >= 0.3 is 0 Å². The third-order valence-electron chi connectivity index (χ3n) is 4.31. The molecule has 0 fully saturated rings. The molecule has 2 rings (SSSR count). The summed E-state index contributed by atoms with van der Waals surface area (Å²) in [6.07, 6.45) is 3.24. The monoisotopic (exact) mass is 302 g/mol. The van der Waals surface area contributed by atoms with E-state index < -0.39 is 0 Å². The van der Waals surface area contributed by atoms with Gasteiger partial charge in [-0.15, -0.1) is 0 Å². The van der Waals surface area contributed by atoms with Crippen molar-refractivity contribution in [2.24, 2.45) is 11.7 Å². The van der Waals surface area contributed by atoms with E-state index in [2.05, 4.69) is 17.0 Å². The third-order valence-corrected chi connectivity index (χ3v) is 4.31. The number of carbonyl (C=O) groups excluding carboxylic acids is 2. The van der Waals surface area contributed by atoms with E-state index in [0.29, 0.717) is 6.42 Å². The van der Waals surface area contributed by atoms with Gasteiger partial charge in [0.05, 0.1) is 0 Å². The largest absolute Gasteiger partial charge is 0.370 e. The molecule has 1 amide bonds. The number of hydrogen-bond donors (Lipinski definition) is 1. The molecule has 0 atom stereocenters. The topological polar surface area (TPSA) is 63.4 Å². The predicted octanol–water partition coefficient (Wildman–Crippen LogP) is 2.19. The maximum atomic E-state index is 12.1. The van der Waals surface area contributed by atoms with Crippen LogP contribution in [-0.2, 0) is 17.6 Å². The number of ketones is 1. The molecule has 0 saturated carbocycles. The summed E-state index contributed by atoms with van der Waals surface area (Å²) in [5.41, 5.74) is 8.66. The minimum atomic E-state index is -0.227. The van der Waals surface area contributed by atoms with Crippen LogP contribution >= 0.6 is 0 Å². The molecule has 1 aromatic carbocycles. The minimum Gasteiger partial charge on any atom is -0.370 e. The fourth-order valence-electron chi connectivity index (χ4n) is 2.96. The van der Waals surface area contributed by atoms with Crippen LogP contribution in [-0.4, -0.2) is 36.2 Å². The number of benzene rings is 1. The van der Waals surface area contributed by atoms with Crippen molar-refractivity contribution in [1.29, 1.82) is 0 Å². The van der Waals surface area contributed by atoms with Crippen LogP contribution in [0.4, 0.5) is 0 Å². The molecule has 2 N–H and O–H groups in total. The number of fused-ring (bicyclic) bond motifs is 1. The quantitative estimate of drug-likeness (QED) is 0.819. The van der Waals surface area contributed by atoms with Gasteiger partial charge in [-0.05, 0) is 43.0 Å². The fraction of sp³-hybridized carbons (Fsp3) is 0.556. The summed E-state index contributed by atoms with van der Waals surface area (Å²) in [5, 5.41) is 0. The molecule has 0 radical (unpaired) electrons. The van der Waals surface area contributed by atoms with Gasteiger partial charge in [-0.3, -0.25) is 9.59 Å². The zero-order valence-electron chi connectivity index (χ0n) is 13.6. The lowest BCUT2D eigenvalue weighted by molar-refractivity contribution is -0.118. The number of rotatable bonds is 6. The highest BCUT2D eigenvalue weighted by Gasteiger charge is 2.17. The van der Waals surface area contributed by atoms with E-state index in [1.54, 1.807) is 0 Å². The zero-order chi connectivity index (χ0) is 16.1. The molecular formula is C18H26N2O2. The fourth-order valence-corrected chi connectivity index (χ4v) is 2.96. The summed E-state index contributed by atoms with van der Waals surface area (Å²) in [4.78, 5) is 25.3. The third kappa shape index (κ3) is 4.41. The van der Waals surface area contributed by atoms with E-state index in [9.17, 15) is 9.59 Å². The Morgan fingerprint density at radius 1 is 1.18 bits per heavy atom. The maximum Gasteiger partial charge on any atom is 0.217 e. The van der Waals surface area contributed by atoms with Crippen LogP contribution in [0.2, 0.25) is 0 Å². The van der Waals surface area contributed by atoms with Crippen molar-refractivity contribution in [2.45, 2.75) is 39.5 Å². The van der Waals surface area contributed by atoms with E-state index in [1.807, 2.05) is 19.9 Å². The Balaban J connectivity index is 1.99. The van der Waals surface area contributed by atoms with Gasteiger partial charge in [-0.25, -0.2) is 0 Å². The van der Waals surface area contributed by atoms with Gasteiger partial charge in [0, 0.05) is 31.0 Å². The second-order valence-electron chi connectivity index (χ2n) is 6.41. The molecule has 0 saturated heterocycles. The molecule has 0 aromatic heterocycles. The minimum absolute atomic E-state index is 0.0362. The first kappa shape index (κ1) is 16.7. The van der Waals surface area contributed by atoms with Crippen LogP contribution in [0.1, 0.15) is 48.2 Å². The molecular weight excluding hydrogens is 276 g/mol. The van der Waals surface area contributed by atoms with Crippen LogP contribution in [0.25, 0.3) is 0 Å². The van der Waals surface area contributed by atoms with Crippen molar-refractivity contribution < 1.29 is 9.59 Å². The lowest BCUT2D eigenvalue weighted by Crippen LogP contribution is -2.28. The number of Topliss-reactive ketones (excluding diaryl/α,β-unsaturated/α-hetero) is 1. The van der Waals surface area contributed by atoms with Crippen molar-refractivity contribution in [3.8, 4) is 0 Å². The van der Waals surface area contributed by atoms with Crippen molar-refractivity contribution in [1.82, 2.24) is 4.90 Å². The number of primary amides is 1. The molecule has 0 aliphatic carbocycles. The maximum absolute atomic E-state index is 12.1. The Hall–Kier alpha value is -1.68. The highest BCUT2D eigenvalue weighted by Crippen LogP contribution is 2.20. The number of amides is 1. The molecule has 0 bridgehead atoms. The van der Waals surface area contributed by atoms with Crippen molar-refractivity contribution in [2.75, 3.05) is 19.6 Å². The molecule has 1 aliphatic heterocycles. The van der Waals surface area contributed by atoms with Gasteiger partial charge in [0.2, 0.25) is 5.91 Å². The molecule has 22 heavy (non-hydrogen) atoms. The van der Waals surface area contributed by atoms with Crippen LogP contribution in [0, 0.1) is 5.92 Å². The number of hydrogen-bond acceptors (Lipinski definition) is 3. The lowest BCUT2D eigenvalue weighted by atomic mass is 9.95. The Kier molecular flexibility index (Phi) is 5.72. The van der Waals surface area contributed by atoms with Gasteiger partial charge in [0.25, 0.3) is 0 Å². The van der Waals surface area contributed by atoms with Gasteiger partial charge in [0.15, 0.2) is 5.78 Å². The summed E-state index contributed by atoms with van der Waals surface area (Å²) < 4.78 is 0. The second kappa shape index (κ2) is 7.54. The highest BCUT2D eigenvalue weighted by atomic mass is 16.1. The van der Waals surface area contributed by atoms with Crippen molar-refractivity contribution in [3.05, 3.63) is 34.9 Å². The van der Waals surface area contributed by atoms with Crippen LogP contribution < -0.4 is 5.73 Å². The molecule has 0 unspecified atom stereocenters. The number of nitrogens with two attached hydrogens (primary N) is 1. The van der Waals surface area contributed by atoms with Gasteiger partial charge in [-0.2, -0.15) is 0 Å². The first-order valence-electron chi connectivity index (χ1n) is 8.14. The Morgan fingerprint density at radius 3 is 2.50 bits per heavy atom. The molecule has 1 aromatic rings. The van der Waals surface area contributed by atoms with Gasteiger partial charge in [0.1, 0.15) is 0 Å². The Morgan fingerprint density at radius 2 is 1.86 bits per heavy atom. The van der Waals surface area contributed by atoms with Crippen LogP contribution in [0.5, 0.6) is 0 Å². The summed E-state index contributed by atoms with van der Waals surface area (Å²) in [6, 6.07) is 6.15. The zero-order valence-corrected chi connectivity index (χ0v) is 13.6. The number of carbonyl (C=O) groups is 2. The van der Waals surface area contributed by atoms with Crippen LogP contribution in [0.15, 0.2) is 18.2 Å². The first-order chi connectivity index (χ1) is 10.5. The molecule has 120 valence electrons. The molecule has 0 spiro atoms. The molecule has 1 heterocycles. The normalized spacial score (nSPS) is 15.4. The predicted molar refractivity (Wildman–Crippen MR) is 87.9 cm³/mol. The summed E-state index contributed by atoms with van der Waals surface area (Å²) in [7, 11) is 0. The number of nitrogens with zero attached hydrogens (tertiary/aromatic N) is 1. The molecule has 4 nitrogen and oxygen atoms in total. The standard InChI is InChI=1S/C18H26N2O2/c1-13(2)18(22)16-6-5-14-7-10-20(9-3-4-17(19)21)11-8-15(14)12-16/h5-6,12-13H,3-4,7-11H2,1-2H3,(H2,19,21). The van der Waals surface area contributed by atoms with E-state index in [0.717, 1.165) is 44.5 Å². The van der Waals surface area contributed by atoms with E-state index in [1.165, 1.54) is 11.1 Å². The average Bonchev–Trinajstić information content (AvgIpc) is 2.68. The van der Waals surface area contributed by atoms with E-state index in [4.69, 9.17) is 5.73 Å². The Bertz CT molecular complexity index is 552.